The van der Waals surface area contributed by atoms with Crippen molar-refractivity contribution >= 4 is 21.1 Å². The number of benzene rings is 2. The molecule has 0 atom stereocenters. The fourth-order valence-electron chi connectivity index (χ4n) is 4.72. The molecule has 2 aliphatic rings. The molecule has 0 bridgehead atoms. The van der Waals surface area contributed by atoms with Crippen molar-refractivity contribution in [1.29, 1.82) is 0 Å². The normalized spacial score (nSPS) is 17.8. The number of hydrogen-bond acceptors (Lipinski definition) is 5. The van der Waals surface area contributed by atoms with Crippen molar-refractivity contribution < 1.29 is 17.9 Å². The monoisotopic (exact) mass is 441 g/mol. The molecule has 3 aromatic rings. The first-order valence-electron chi connectivity index (χ1n) is 10.8. The molecule has 1 aromatic heterocycles. The predicted molar refractivity (Wildman–Crippen MR) is 119 cm³/mol. The van der Waals surface area contributed by atoms with Gasteiger partial charge in [0.2, 0.25) is 10.0 Å². The number of aromatic nitrogens is 2. The van der Waals surface area contributed by atoms with E-state index in [1.165, 1.54) is 0 Å². The summed E-state index contributed by atoms with van der Waals surface area (Å²) in [6.07, 6.45) is 5.81. The minimum absolute atomic E-state index is 0.0184. The molecule has 1 N–H and O–H groups in total. The molecule has 2 heterocycles. The number of aryl methyl sites for hydroxylation is 1. The Morgan fingerprint density at radius 1 is 1.03 bits per heavy atom. The Bertz CT molecular complexity index is 1180. The number of sulfonamides is 1. The number of hydrogen-bond donors (Lipinski definition) is 1. The predicted octanol–water partition coefficient (Wildman–Crippen LogP) is 3.24. The van der Waals surface area contributed by atoms with E-state index >= 15 is 0 Å². The van der Waals surface area contributed by atoms with Crippen LogP contribution in [0.3, 0.4) is 0 Å². The lowest BCUT2D eigenvalue weighted by Gasteiger charge is -2.31. The van der Waals surface area contributed by atoms with Crippen molar-refractivity contribution in [3.8, 4) is 11.5 Å². The van der Waals surface area contributed by atoms with E-state index in [0.29, 0.717) is 26.3 Å². The van der Waals surface area contributed by atoms with Gasteiger partial charge in [0.05, 0.1) is 23.1 Å². The second kappa shape index (κ2) is 8.16. The van der Waals surface area contributed by atoms with Gasteiger partial charge in [-0.3, -0.25) is 0 Å². The molecule has 0 radical (unpaired) electrons. The van der Waals surface area contributed by atoms with Gasteiger partial charge in [-0.1, -0.05) is 31.0 Å². The summed E-state index contributed by atoms with van der Waals surface area (Å²) in [5.41, 5.74) is 2.74. The van der Waals surface area contributed by atoms with Gasteiger partial charge in [-0.15, -0.1) is 0 Å². The fraction of sp³-hybridized carbons (Fsp3) is 0.435. The molecular formula is C23H27N3O4S. The molecule has 2 aromatic carbocycles. The van der Waals surface area contributed by atoms with Crippen molar-refractivity contribution in [2.75, 3.05) is 25.5 Å². The summed E-state index contributed by atoms with van der Waals surface area (Å²) >= 11 is 0. The van der Waals surface area contributed by atoms with Crippen molar-refractivity contribution in [3.63, 3.8) is 0 Å². The SMILES string of the molecule is O=S(=O)(CCn1cnc2ccccc21)NCC1(c2ccc3c(c2)OCCO3)CCCC1. The minimum Gasteiger partial charge on any atom is -0.486 e. The average molecular weight is 442 g/mol. The van der Waals surface area contributed by atoms with E-state index in [9.17, 15) is 8.42 Å². The van der Waals surface area contributed by atoms with Crippen molar-refractivity contribution in [2.24, 2.45) is 0 Å². The van der Waals surface area contributed by atoms with Crippen LogP contribution in [-0.4, -0.2) is 43.5 Å². The van der Waals surface area contributed by atoms with Crippen LogP contribution < -0.4 is 14.2 Å². The summed E-state index contributed by atoms with van der Waals surface area (Å²) in [7, 11) is -3.43. The van der Waals surface area contributed by atoms with Gasteiger partial charge in [0.25, 0.3) is 0 Å². The maximum atomic E-state index is 12.8. The Morgan fingerprint density at radius 2 is 1.81 bits per heavy atom. The second-order valence-electron chi connectivity index (χ2n) is 8.41. The Hall–Kier alpha value is -2.58. The topological polar surface area (TPSA) is 82.5 Å². The number of ether oxygens (including phenoxy) is 2. The smallest absolute Gasteiger partial charge is 0.213 e. The molecule has 5 rings (SSSR count). The number of para-hydroxylation sites is 2. The Kier molecular flexibility index (Phi) is 5.35. The summed E-state index contributed by atoms with van der Waals surface area (Å²) in [4.78, 5) is 4.34. The van der Waals surface area contributed by atoms with Crippen LogP contribution in [0, 0.1) is 0 Å². The molecule has 0 saturated heterocycles. The molecular weight excluding hydrogens is 414 g/mol. The lowest BCUT2D eigenvalue weighted by molar-refractivity contribution is 0.171. The Labute approximate surface area is 182 Å². The van der Waals surface area contributed by atoms with Crippen molar-refractivity contribution in [2.45, 2.75) is 37.6 Å². The first-order chi connectivity index (χ1) is 15.0. The number of fused-ring (bicyclic) bond motifs is 2. The third kappa shape index (κ3) is 4.14. The molecule has 0 spiro atoms. The zero-order valence-corrected chi connectivity index (χ0v) is 18.2. The lowest BCUT2D eigenvalue weighted by Crippen LogP contribution is -2.40. The van der Waals surface area contributed by atoms with E-state index in [0.717, 1.165) is 53.8 Å². The zero-order chi connectivity index (χ0) is 21.3. The third-order valence-electron chi connectivity index (χ3n) is 6.47. The van der Waals surface area contributed by atoms with Crippen LogP contribution in [0.5, 0.6) is 11.5 Å². The quantitative estimate of drug-likeness (QED) is 0.609. The third-order valence-corrected chi connectivity index (χ3v) is 7.78. The molecule has 1 saturated carbocycles. The van der Waals surface area contributed by atoms with Gasteiger partial charge in [-0.05, 0) is 42.7 Å². The van der Waals surface area contributed by atoms with Gasteiger partial charge in [-0.2, -0.15) is 0 Å². The first kappa shape index (κ1) is 20.3. The van der Waals surface area contributed by atoms with Crippen LogP contribution in [0.15, 0.2) is 48.8 Å². The van der Waals surface area contributed by atoms with Crippen molar-refractivity contribution in [1.82, 2.24) is 14.3 Å². The van der Waals surface area contributed by atoms with E-state index in [1.807, 2.05) is 41.0 Å². The van der Waals surface area contributed by atoms with E-state index < -0.39 is 10.0 Å². The molecule has 0 amide bonds. The number of imidazole rings is 1. The summed E-state index contributed by atoms with van der Waals surface area (Å²) in [6, 6.07) is 13.8. The zero-order valence-electron chi connectivity index (χ0n) is 17.4. The highest BCUT2D eigenvalue weighted by molar-refractivity contribution is 7.89. The van der Waals surface area contributed by atoms with Gasteiger partial charge in [0.15, 0.2) is 11.5 Å². The average Bonchev–Trinajstić information content (AvgIpc) is 3.44. The van der Waals surface area contributed by atoms with E-state index in [4.69, 9.17) is 9.47 Å². The first-order valence-corrected chi connectivity index (χ1v) is 12.5. The Morgan fingerprint density at radius 3 is 2.65 bits per heavy atom. The maximum absolute atomic E-state index is 12.8. The van der Waals surface area contributed by atoms with Gasteiger partial charge >= 0.3 is 0 Å². The molecule has 1 fully saturated rings. The summed E-state index contributed by atoms with van der Waals surface area (Å²) < 4.78 is 41.9. The number of nitrogens with zero attached hydrogens (tertiary/aromatic N) is 2. The van der Waals surface area contributed by atoms with Crippen LogP contribution in [0.1, 0.15) is 31.2 Å². The van der Waals surface area contributed by atoms with Crippen LogP contribution >= 0.6 is 0 Å². The van der Waals surface area contributed by atoms with Crippen LogP contribution in [0.4, 0.5) is 0 Å². The van der Waals surface area contributed by atoms with Gasteiger partial charge in [-0.25, -0.2) is 18.1 Å². The fourth-order valence-corrected chi connectivity index (χ4v) is 5.80. The molecule has 1 aliphatic carbocycles. The van der Waals surface area contributed by atoms with E-state index in [1.54, 1.807) is 6.33 Å². The summed E-state index contributed by atoms with van der Waals surface area (Å²) in [5.74, 6) is 1.53. The van der Waals surface area contributed by atoms with Gasteiger partial charge in [0, 0.05) is 18.5 Å². The standard InChI is InChI=1S/C23H27N3O4S/c27-31(28,14-11-26-17-24-19-5-1-2-6-20(19)26)25-16-23(9-3-4-10-23)18-7-8-21-22(15-18)30-13-12-29-21/h1-2,5-8,15,17,25H,3-4,9-14,16H2. The highest BCUT2D eigenvalue weighted by atomic mass is 32.2. The van der Waals surface area contributed by atoms with Crippen LogP contribution in [-0.2, 0) is 22.0 Å². The highest BCUT2D eigenvalue weighted by Crippen LogP contribution is 2.44. The van der Waals surface area contributed by atoms with E-state index in [2.05, 4.69) is 15.8 Å². The van der Waals surface area contributed by atoms with Crippen LogP contribution in [0.25, 0.3) is 11.0 Å². The molecule has 31 heavy (non-hydrogen) atoms. The molecule has 0 unspecified atom stereocenters. The van der Waals surface area contributed by atoms with E-state index in [-0.39, 0.29) is 11.2 Å². The largest absolute Gasteiger partial charge is 0.486 e. The molecule has 7 nitrogen and oxygen atoms in total. The lowest BCUT2D eigenvalue weighted by atomic mass is 9.79. The highest BCUT2D eigenvalue weighted by Gasteiger charge is 2.37. The van der Waals surface area contributed by atoms with Gasteiger partial charge in [0.1, 0.15) is 13.2 Å². The van der Waals surface area contributed by atoms with Crippen molar-refractivity contribution in [3.05, 3.63) is 54.4 Å². The molecule has 1 aliphatic heterocycles. The second-order valence-corrected chi connectivity index (χ2v) is 10.3. The number of nitrogens with one attached hydrogen (secondary N) is 1. The van der Waals surface area contributed by atoms with Gasteiger partial charge < -0.3 is 14.0 Å². The minimum atomic E-state index is -3.43. The summed E-state index contributed by atoms with van der Waals surface area (Å²) in [5, 5.41) is 0. The molecule has 8 heteroatoms. The summed E-state index contributed by atoms with van der Waals surface area (Å²) in [6.45, 7) is 1.87. The Balaban J connectivity index is 1.29. The number of rotatable bonds is 7. The maximum Gasteiger partial charge on any atom is 0.213 e. The van der Waals surface area contributed by atoms with Crippen LogP contribution in [0.2, 0.25) is 0 Å². The molecule has 164 valence electrons.